The summed E-state index contributed by atoms with van der Waals surface area (Å²) in [6, 6.07) is 2.11. The third-order valence-corrected chi connectivity index (χ3v) is 3.90. The second kappa shape index (κ2) is 5.45. The Bertz CT molecular complexity index is 422. The molecule has 2 heterocycles. The Kier molecular flexibility index (Phi) is 4.09. The second-order valence-corrected chi connectivity index (χ2v) is 6.74. The van der Waals surface area contributed by atoms with Crippen molar-refractivity contribution in [3.63, 3.8) is 0 Å². The molecule has 0 radical (unpaired) electrons. The van der Waals surface area contributed by atoms with Crippen LogP contribution >= 0.6 is 0 Å². The summed E-state index contributed by atoms with van der Waals surface area (Å²) in [5, 5.41) is 0. The van der Waals surface area contributed by atoms with Crippen molar-refractivity contribution in [2.75, 3.05) is 32.1 Å². The molecule has 2 rings (SSSR count). The van der Waals surface area contributed by atoms with Gasteiger partial charge < -0.3 is 4.90 Å². The fourth-order valence-corrected chi connectivity index (χ4v) is 2.65. The number of nitrogens with zero attached hydrogens (tertiary/aromatic N) is 4. The van der Waals surface area contributed by atoms with Crippen LogP contribution in [0.1, 0.15) is 32.9 Å². The average Bonchev–Trinajstić information content (AvgIpc) is 2.77. The second-order valence-electron chi connectivity index (χ2n) is 6.74. The van der Waals surface area contributed by atoms with Crippen molar-refractivity contribution in [3.05, 3.63) is 18.1 Å². The van der Waals surface area contributed by atoms with Gasteiger partial charge >= 0.3 is 0 Å². The number of anilines is 1. The van der Waals surface area contributed by atoms with Crippen LogP contribution in [0.4, 0.5) is 5.82 Å². The molecule has 1 fully saturated rings. The topological polar surface area (TPSA) is 32.3 Å². The number of hydrogen-bond donors (Lipinski definition) is 0. The van der Waals surface area contributed by atoms with Crippen LogP contribution in [-0.4, -0.2) is 47.6 Å². The Morgan fingerprint density at radius 1 is 1.32 bits per heavy atom. The molecule has 4 heteroatoms. The van der Waals surface area contributed by atoms with Crippen LogP contribution in [0, 0.1) is 5.92 Å². The number of aromatic nitrogens is 2. The molecule has 0 N–H and O–H groups in total. The SMILES string of the molecule is CN(C)c1cc(CC2CCN(C(C)(C)C)C2)ncn1. The molecule has 0 aromatic carbocycles. The lowest BCUT2D eigenvalue weighted by Crippen LogP contribution is -2.39. The Labute approximate surface area is 116 Å². The van der Waals surface area contributed by atoms with E-state index in [2.05, 4.69) is 41.7 Å². The number of hydrogen-bond acceptors (Lipinski definition) is 4. The van der Waals surface area contributed by atoms with E-state index in [0.717, 1.165) is 18.2 Å². The number of likely N-dealkylation sites (tertiary alicyclic amines) is 1. The molecule has 19 heavy (non-hydrogen) atoms. The van der Waals surface area contributed by atoms with Gasteiger partial charge in [-0.3, -0.25) is 4.90 Å². The van der Waals surface area contributed by atoms with E-state index < -0.39 is 0 Å². The van der Waals surface area contributed by atoms with Gasteiger partial charge in [0.1, 0.15) is 12.1 Å². The normalized spacial score (nSPS) is 20.8. The molecule has 0 saturated carbocycles. The lowest BCUT2D eigenvalue weighted by molar-refractivity contribution is 0.168. The van der Waals surface area contributed by atoms with Gasteiger partial charge in [0.05, 0.1) is 0 Å². The highest BCUT2D eigenvalue weighted by molar-refractivity contribution is 5.36. The van der Waals surface area contributed by atoms with Crippen LogP contribution in [0.5, 0.6) is 0 Å². The Morgan fingerprint density at radius 2 is 2.05 bits per heavy atom. The minimum absolute atomic E-state index is 0.287. The molecule has 1 atom stereocenters. The number of rotatable bonds is 3. The van der Waals surface area contributed by atoms with Crippen molar-refractivity contribution >= 4 is 5.82 Å². The van der Waals surface area contributed by atoms with E-state index in [1.807, 2.05) is 19.0 Å². The summed E-state index contributed by atoms with van der Waals surface area (Å²) in [6.07, 6.45) is 4.02. The van der Waals surface area contributed by atoms with E-state index in [1.54, 1.807) is 6.33 Å². The molecule has 1 aliphatic heterocycles. The molecule has 106 valence electrons. The predicted octanol–water partition coefficient (Wildman–Crippen LogP) is 2.21. The molecule has 1 saturated heterocycles. The fourth-order valence-electron chi connectivity index (χ4n) is 2.65. The van der Waals surface area contributed by atoms with Gasteiger partial charge in [0.15, 0.2) is 0 Å². The molecule has 4 nitrogen and oxygen atoms in total. The highest BCUT2D eigenvalue weighted by atomic mass is 15.2. The monoisotopic (exact) mass is 262 g/mol. The lowest BCUT2D eigenvalue weighted by atomic mass is 10.0. The van der Waals surface area contributed by atoms with Gasteiger partial charge in [0, 0.05) is 37.9 Å². The van der Waals surface area contributed by atoms with Gasteiger partial charge in [0.2, 0.25) is 0 Å². The Hall–Kier alpha value is -1.16. The van der Waals surface area contributed by atoms with Crippen molar-refractivity contribution < 1.29 is 0 Å². The molecule has 0 spiro atoms. The molecule has 0 amide bonds. The maximum atomic E-state index is 4.42. The third-order valence-electron chi connectivity index (χ3n) is 3.90. The van der Waals surface area contributed by atoms with E-state index >= 15 is 0 Å². The molecule has 0 aliphatic carbocycles. The van der Waals surface area contributed by atoms with Crippen molar-refractivity contribution in [1.29, 1.82) is 0 Å². The predicted molar refractivity (Wildman–Crippen MR) is 79.5 cm³/mol. The summed E-state index contributed by atoms with van der Waals surface area (Å²) < 4.78 is 0. The quantitative estimate of drug-likeness (QED) is 0.836. The van der Waals surface area contributed by atoms with E-state index in [1.165, 1.54) is 25.2 Å². The van der Waals surface area contributed by atoms with Gasteiger partial charge in [-0.1, -0.05) is 0 Å². The highest BCUT2D eigenvalue weighted by Crippen LogP contribution is 2.26. The van der Waals surface area contributed by atoms with Crippen LogP contribution in [0.25, 0.3) is 0 Å². The third kappa shape index (κ3) is 3.66. The molecular weight excluding hydrogens is 236 g/mol. The minimum Gasteiger partial charge on any atom is -0.363 e. The molecule has 1 aromatic heterocycles. The molecule has 0 bridgehead atoms. The van der Waals surface area contributed by atoms with E-state index in [-0.39, 0.29) is 5.54 Å². The summed E-state index contributed by atoms with van der Waals surface area (Å²) in [5.74, 6) is 1.72. The Balaban J connectivity index is 1.97. The smallest absolute Gasteiger partial charge is 0.131 e. The molecule has 1 aliphatic rings. The summed E-state index contributed by atoms with van der Waals surface area (Å²) >= 11 is 0. The van der Waals surface area contributed by atoms with E-state index in [4.69, 9.17) is 0 Å². The van der Waals surface area contributed by atoms with Gasteiger partial charge in [-0.25, -0.2) is 9.97 Å². The minimum atomic E-state index is 0.287. The van der Waals surface area contributed by atoms with Crippen molar-refractivity contribution in [3.8, 4) is 0 Å². The van der Waals surface area contributed by atoms with Gasteiger partial charge in [0.25, 0.3) is 0 Å². The summed E-state index contributed by atoms with van der Waals surface area (Å²) in [6.45, 7) is 9.28. The van der Waals surface area contributed by atoms with Crippen LogP contribution in [0.2, 0.25) is 0 Å². The van der Waals surface area contributed by atoms with Crippen molar-refractivity contribution in [2.24, 2.45) is 5.92 Å². The summed E-state index contributed by atoms with van der Waals surface area (Å²) in [7, 11) is 4.03. The maximum absolute atomic E-state index is 4.42. The van der Waals surface area contributed by atoms with E-state index in [0.29, 0.717) is 0 Å². The first-order valence-corrected chi connectivity index (χ1v) is 7.09. The zero-order valence-electron chi connectivity index (χ0n) is 12.8. The van der Waals surface area contributed by atoms with Crippen LogP contribution < -0.4 is 4.90 Å². The van der Waals surface area contributed by atoms with Crippen LogP contribution in [-0.2, 0) is 6.42 Å². The fraction of sp³-hybridized carbons (Fsp3) is 0.733. The van der Waals surface area contributed by atoms with Gasteiger partial charge in [-0.2, -0.15) is 0 Å². The molecule has 1 aromatic rings. The summed E-state index contributed by atoms with van der Waals surface area (Å²) in [5.41, 5.74) is 1.45. The molecule has 1 unspecified atom stereocenters. The standard InChI is InChI=1S/C15H26N4/c1-15(2,3)19-7-6-12(10-19)8-13-9-14(18(4)5)17-11-16-13/h9,11-12H,6-8,10H2,1-5H3. The van der Waals surface area contributed by atoms with Crippen molar-refractivity contribution in [2.45, 2.75) is 39.2 Å². The van der Waals surface area contributed by atoms with Crippen LogP contribution in [0.3, 0.4) is 0 Å². The zero-order chi connectivity index (χ0) is 14.0. The first kappa shape index (κ1) is 14.3. The lowest BCUT2D eigenvalue weighted by Gasteiger charge is -2.31. The zero-order valence-corrected chi connectivity index (χ0v) is 12.8. The average molecular weight is 262 g/mol. The first-order chi connectivity index (χ1) is 8.86. The van der Waals surface area contributed by atoms with Crippen LogP contribution in [0.15, 0.2) is 12.4 Å². The van der Waals surface area contributed by atoms with Gasteiger partial charge in [-0.15, -0.1) is 0 Å². The molecular formula is C15H26N4. The van der Waals surface area contributed by atoms with E-state index in [9.17, 15) is 0 Å². The largest absolute Gasteiger partial charge is 0.363 e. The maximum Gasteiger partial charge on any atom is 0.131 e. The highest BCUT2D eigenvalue weighted by Gasteiger charge is 2.30. The van der Waals surface area contributed by atoms with Gasteiger partial charge in [-0.05, 0) is 46.1 Å². The first-order valence-electron chi connectivity index (χ1n) is 7.09. The van der Waals surface area contributed by atoms with Crippen molar-refractivity contribution in [1.82, 2.24) is 14.9 Å². The summed E-state index contributed by atoms with van der Waals surface area (Å²) in [4.78, 5) is 13.3. The Morgan fingerprint density at radius 3 is 2.63 bits per heavy atom.